The lowest BCUT2D eigenvalue weighted by molar-refractivity contribution is -0.384. The van der Waals surface area contributed by atoms with Gasteiger partial charge in [-0.2, -0.15) is 0 Å². The molecule has 0 radical (unpaired) electrons. The van der Waals surface area contributed by atoms with Crippen LogP contribution in [0.3, 0.4) is 0 Å². The number of halogens is 1. The Morgan fingerprint density at radius 2 is 1.81 bits per heavy atom. The van der Waals surface area contributed by atoms with Crippen molar-refractivity contribution in [3.05, 3.63) is 69.2 Å². The highest BCUT2D eigenvalue weighted by Crippen LogP contribution is 2.23. The highest BCUT2D eigenvalue weighted by molar-refractivity contribution is 6.31. The Morgan fingerprint density at radius 1 is 1.08 bits per heavy atom. The Balaban J connectivity index is 1.53. The molecule has 0 bridgehead atoms. The van der Waals surface area contributed by atoms with E-state index in [4.69, 9.17) is 11.6 Å². The second-order valence-electron chi connectivity index (χ2n) is 6.24. The molecule has 7 heteroatoms. The van der Waals surface area contributed by atoms with Crippen LogP contribution in [0.4, 0.5) is 11.4 Å². The van der Waals surface area contributed by atoms with Crippen molar-refractivity contribution in [3.63, 3.8) is 0 Å². The van der Waals surface area contributed by atoms with Crippen LogP contribution in [0.1, 0.15) is 12.0 Å². The third-order valence-corrected chi connectivity index (χ3v) is 4.97. The Hall–Kier alpha value is -2.60. The first kappa shape index (κ1) is 18.2. The van der Waals surface area contributed by atoms with Crippen molar-refractivity contribution in [1.82, 2.24) is 4.90 Å². The lowest BCUT2D eigenvalue weighted by atomic mass is 10.1. The van der Waals surface area contributed by atoms with Crippen molar-refractivity contribution in [2.75, 3.05) is 31.1 Å². The predicted octanol–water partition coefficient (Wildman–Crippen LogP) is 3.53. The zero-order valence-corrected chi connectivity index (χ0v) is 15.1. The van der Waals surface area contributed by atoms with Crippen molar-refractivity contribution in [2.45, 2.75) is 12.8 Å². The van der Waals surface area contributed by atoms with Gasteiger partial charge in [0.2, 0.25) is 5.91 Å². The number of rotatable bonds is 5. The van der Waals surface area contributed by atoms with Gasteiger partial charge >= 0.3 is 0 Å². The second-order valence-corrected chi connectivity index (χ2v) is 6.64. The number of hydrogen-bond donors (Lipinski definition) is 0. The van der Waals surface area contributed by atoms with Crippen molar-refractivity contribution in [1.29, 1.82) is 0 Å². The molecule has 0 saturated carbocycles. The number of nitro groups is 1. The summed E-state index contributed by atoms with van der Waals surface area (Å²) in [7, 11) is 0. The number of hydrogen-bond acceptors (Lipinski definition) is 4. The van der Waals surface area contributed by atoms with Gasteiger partial charge in [0.15, 0.2) is 0 Å². The van der Waals surface area contributed by atoms with Crippen LogP contribution in [-0.4, -0.2) is 41.9 Å². The minimum atomic E-state index is -0.391. The van der Waals surface area contributed by atoms with Crippen molar-refractivity contribution < 1.29 is 9.72 Å². The Labute approximate surface area is 157 Å². The molecule has 0 atom stereocenters. The molecule has 1 saturated heterocycles. The number of non-ortho nitro benzene ring substituents is 1. The lowest BCUT2D eigenvalue weighted by Gasteiger charge is -2.36. The van der Waals surface area contributed by atoms with Crippen LogP contribution in [0.5, 0.6) is 0 Å². The van der Waals surface area contributed by atoms with E-state index in [1.807, 2.05) is 35.2 Å². The van der Waals surface area contributed by atoms with E-state index in [0.717, 1.165) is 11.3 Å². The molecule has 1 amide bonds. The fourth-order valence-electron chi connectivity index (χ4n) is 3.12. The Morgan fingerprint density at radius 3 is 2.50 bits per heavy atom. The van der Waals surface area contributed by atoms with Gasteiger partial charge in [-0.05, 0) is 24.1 Å². The summed E-state index contributed by atoms with van der Waals surface area (Å²) in [5, 5.41) is 11.6. The van der Waals surface area contributed by atoms with E-state index in [2.05, 4.69) is 4.90 Å². The summed E-state index contributed by atoms with van der Waals surface area (Å²) in [6.45, 7) is 2.56. The van der Waals surface area contributed by atoms with Gasteiger partial charge < -0.3 is 9.80 Å². The van der Waals surface area contributed by atoms with Crippen LogP contribution in [0, 0.1) is 10.1 Å². The average molecular weight is 374 g/mol. The van der Waals surface area contributed by atoms with Crippen LogP contribution in [0.2, 0.25) is 5.02 Å². The number of nitrogens with zero attached hydrogens (tertiary/aromatic N) is 3. The first-order valence-electron chi connectivity index (χ1n) is 8.55. The lowest BCUT2D eigenvalue weighted by Crippen LogP contribution is -2.48. The number of amides is 1. The number of carbonyl (C=O) groups excluding carboxylic acids is 1. The molecule has 0 aromatic heterocycles. The third-order valence-electron chi connectivity index (χ3n) is 4.60. The van der Waals surface area contributed by atoms with Gasteiger partial charge in [0.1, 0.15) is 0 Å². The van der Waals surface area contributed by atoms with Crippen LogP contribution >= 0.6 is 11.6 Å². The summed E-state index contributed by atoms with van der Waals surface area (Å²) in [6, 6.07) is 14.2. The van der Waals surface area contributed by atoms with E-state index < -0.39 is 4.92 Å². The van der Waals surface area contributed by atoms with Gasteiger partial charge in [0.25, 0.3) is 5.69 Å². The zero-order chi connectivity index (χ0) is 18.5. The Bertz CT molecular complexity index is 804. The fourth-order valence-corrected chi connectivity index (χ4v) is 3.35. The van der Waals surface area contributed by atoms with Crippen LogP contribution in [0.15, 0.2) is 48.5 Å². The number of anilines is 1. The summed E-state index contributed by atoms with van der Waals surface area (Å²) in [4.78, 5) is 26.9. The first-order chi connectivity index (χ1) is 12.5. The van der Waals surface area contributed by atoms with E-state index in [-0.39, 0.29) is 11.6 Å². The Kier molecular flexibility index (Phi) is 5.73. The quantitative estimate of drug-likeness (QED) is 0.594. The molecule has 2 aromatic carbocycles. The van der Waals surface area contributed by atoms with Gasteiger partial charge in [0.05, 0.1) is 4.92 Å². The number of carbonyl (C=O) groups is 1. The summed E-state index contributed by atoms with van der Waals surface area (Å²) >= 11 is 6.14. The molecule has 0 aliphatic carbocycles. The highest BCUT2D eigenvalue weighted by Gasteiger charge is 2.22. The second kappa shape index (κ2) is 8.19. The van der Waals surface area contributed by atoms with Crippen LogP contribution in [0.25, 0.3) is 0 Å². The molecular weight excluding hydrogens is 354 g/mol. The van der Waals surface area contributed by atoms with Crippen molar-refractivity contribution >= 4 is 28.9 Å². The topological polar surface area (TPSA) is 66.7 Å². The van der Waals surface area contributed by atoms with E-state index in [1.54, 1.807) is 12.1 Å². The van der Waals surface area contributed by atoms with Gasteiger partial charge in [-0.15, -0.1) is 0 Å². The monoisotopic (exact) mass is 373 g/mol. The summed E-state index contributed by atoms with van der Waals surface area (Å²) in [5.41, 5.74) is 1.89. The maximum Gasteiger partial charge on any atom is 0.271 e. The molecule has 0 spiro atoms. The molecule has 1 fully saturated rings. The highest BCUT2D eigenvalue weighted by atomic mass is 35.5. The SMILES string of the molecule is O=C(CCc1ccccc1Cl)N1CCN(c2cccc([N+](=O)[O-])c2)CC1. The summed E-state index contributed by atoms with van der Waals surface area (Å²) in [6.07, 6.45) is 1.06. The van der Waals surface area contributed by atoms with Crippen molar-refractivity contribution in [3.8, 4) is 0 Å². The molecule has 1 aliphatic heterocycles. The minimum absolute atomic E-state index is 0.0840. The smallest absolute Gasteiger partial charge is 0.271 e. The number of nitro benzene ring substituents is 1. The average Bonchev–Trinajstić information content (AvgIpc) is 2.67. The molecule has 1 heterocycles. The maximum absolute atomic E-state index is 12.4. The molecule has 3 rings (SSSR count). The molecule has 0 N–H and O–H groups in total. The number of benzene rings is 2. The first-order valence-corrected chi connectivity index (χ1v) is 8.93. The molecule has 6 nitrogen and oxygen atoms in total. The number of piperazine rings is 1. The molecule has 0 unspecified atom stereocenters. The summed E-state index contributed by atoms with van der Waals surface area (Å²) in [5.74, 6) is 0.114. The normalized spacial score (nSPS) is 14.3. The van der Waals surface area contributed by atoms with Gasteiger partial charge in [-0.1, -0.05) is 35.9 Å². The molecule has 1 aliphatic rings. The fraction of sp³-hybridized carbons (Fsp3) is 0.316. The van der Waals surface area contributed by atoms with E-state index in [9.17, 15) is 14.9 Å². The van der Waals surface area contributed by atoms with Crippen molar-refractivity contribution in [2.24, 2.45) is 0 Å². The maximum atomic E-state index is 12.4. The number of aryl methyl sites for hydroxylation is 1. The predicted molar refractivity (Wildman–Crippen MR) is 102 cm³/mol. The summed E-state index contributed by atoms with van der Waals surface area (Å²) < 4.78 is 0. The van der Waals surface area contributed by atoms with E-state index >= 15 is 0 Å². The van der Waals surface area contributed by atoms with Gasteiger partial charge in [-0.3, -0.25) is 14.9 Å². The standard InChI is InChI=1S/C19H20ClN3O3/c20-18-7-2-1-4-15(18)8-9-19(24)22-12-10-21(11-13-22)16-5-3-6-17(14-16)23(25)26/h1-7,14H,8-13H2. The minimum Gasteiger partial charge on any atom is -0.368 e. The van der Waals surface area contributed by atoms with Crippen LogP contribution in [-0.2, 0) is 11.2 Å². The zero-order valence-electron chi connectivity index (χ0n) is 14.3. The molecular formula is C19H20ClN3O3. The van der Waals surface area contributed by atoms with E-state index in [0.29, 0.717) is 44.0 Å². The van der Waals surface area contributed by atoms with E-state index in [1.165, 1.54) is 6.07 Å². The van der Waals surface area contributed by atoms with Gasteiger partial charge in [0, 0.05) is 55.4 Å². The molecule has 26 heavy (non-hydrogen) atoms. The van der Waals surface area contributed by atoms with Crippen LogP contribution < -0.4 is 4.90 Å². The molecule has 136 valence electrons. The van der Waals surface area contributed by atoms with Gasteiger partial charge in [-0.25, -0.2) is 0 Å². The third kappa shape index (κ3) is 4.32. The largest absolute Gasteiger partial charge is 0.368 e. The molecule has 2 aromatic rings.